The minimum Gasteiger partial charge on any atom is -0.411 e. The van der Waals surface area contributed by atoms with E-state index in [1.807, 2.05) is 0 Å². The van der Waals surface area contributed by atoms with Crippen LogP contribution < -0.4 is 0 Å². The van der Waals surface area contributed by atoms with Gasteiger partial charge in [0.2, 0.25) is 0 Å². The van der Waals surface area contributed by atoms with Crippen LogP contribution in [-0.2, 0) is 8.85 Å². The van der Waals surface area contributed by atoms with Crippen LogP contribution in [0.25, 0.3) is 0 Å². The van der Waals surface area contributed by atoms with Crippen LogP contribution in [-0.4, -0.2) is 136 Å². The van der Waals surface area contributed by atoms with E-state index >= 15 is 0 Å². The van der Waals surface area contributed by atoms with Crippen molar-refractivity contribution in [1.29, 1.82) is 0 Å². The van der Waals surface area contributed by atoms with Crippen LogP contribution >= 0.6 is 0 Å². The van der Waals surface area contributed by atoms with E-state index < -0.39 is 137 Å². The second-order valence-corrected chi connectivity index (χ2v) is 19.6. The van der Waals surface area contributed by atoms with Crippen molar-refractivity contribution in [1.82, 2.24) is 0 Å². The normalized spacial score (nSPS) is 16.5. The lowest BCUT2D eigenvalue weighted by molar-refractivity contribution is -0.461. The summed E-state index contributed by atoms with van der Waals surface area (Å²) in [6.07, 6.45) is -21.0. The molecule has 0 aliphatic carbocycles. The third kappa shape index (κ3) is 10.0. The average molecular weight is 1080 g/mol. The van der Waals surface area contributed by atoms with Crippen molar-refractivity contribution >= 4 is 17.1 Å². The SMILES string of the molecule is CO[Si](C)(CCC(F)(F)C(F)(F)C(F)(F)C(F)(F)C(F)(F)C(F)(F)C(F)(F)C(F)(F)F)OC.C[Si](O)(O)CCC(F)(F)C(F)(F)C(F)(F)C(F)(F)C(F)(F)C(F)(F)C(F)(F)C(F)(F)F. The van der Waals surface area contributed by atoms with Gasteiger partial charge in [-0.25, -0.2) is 0 Å². The molecule has 0 aromatic rings. The molecule has 0 heterocycles. The van der Waals surface area contributed by atoms with Gasteiger partial charge in [0.25, 0.3) is 0 Å². The summed E-state index contributed by atoms with van der Waals surface area (Å²) in [7, 11) is -7.12. The highest BCUT2D eigenvalue weighted by atomic mass is 28.4. The maximum Gasteiger partial charge on any atom is 0.460 e. The van der Waals surface area contributed by atoms with Crippen molar-refractivity contribution in [3.63, 3.8) is 0 Å². The van der Waals surface area contributed by atoms with Gasteiger partial charge < -0.3 is 18.4 Å². The van der Waals surface area contributed by atoms with Crippen LogP contribution in [0.5, 0.6) is 0 Å². The summed E-state index contributed by atoms with van der Waals surface area (Å²) in [4.78, 5) is 17.6. The zero-order valence-corrected chi connectivity index (χ0v) is 32.4. The molecule has 0 aliphatic heterocycles. The van der Waals surface area contributed by atoms with E-state index in [-0.39, 0.29) is 0 Å². The Hall–Kier alpha value is -2.11. The molecule has 0 saturated heterocycles. The number of rotatable bonds is 20. The maximum atomic E-state index is 13.7. The fourth-order valence-corrected chi connectivity index (χ4v) is 5.90. The van der Waals surface area contributed by atoms with Gasteiger partial charge in [-0.15, -0.1) is 0 Å². The molecule has 0 unspecified atom stereocenters. The smallest absolute Gasteiger partial charge is 0.411 e. The molecule has 0 aromatic heterocycles. The zero-order chi connectivity index (χ0) is 53.2. The van der Waals surface area contributed by atoms with Crippen LogP contribution in [0.15, 0.2) is 0 Å². The first-order valence-corrected chi connectivity index (χ1v) is 20.1. The van der Waals surface area contributed by atoms with Crippen LogP contribution in [0.4, 0.5) is 149 Å². The highest BCUT2D eigenvalue weighted by Crippen LogP contribution is 2.66. The van der Waals surface area contributed by atoms with Gasteiger partial charge >= 0.3 is 112 Å². The Morgan fingerprint density at radius 3 is 0.641 bits per heavy atom. The Kier molecular flexibility index (Phi) is 17.4. The molecule has 64 heavy (non-hydrogen) atoms. The molecule has 388 valence electrons. The topological polar surface area (TPSA) is 58.9 Å². The molecule has 0 fully saturated rings. The highest BCUT2D eigenvalue weighted by Gasteiger charge is 2.97. The van der Waals surface area contributed by atoms with Crippen LogP contribution in [0.3, 0.4) is 0 Å². The summed E-state index contributed by atoms with van der Waals surface area (Å²) in [6, 6.07) is -3.29. The van der Waals surface area contributed by atoms with E-state index in [4.69, 9.17) is 9.59 Å². The first-order valence-electron chi connectivity index (χ1n) is 15.0. The monoisotopic (exact) mass is 1080 g/mol. The van der Waals surface area contributed by atoms with E-state index in [9.17, 15) is 149 Å². The van der Waals surface area contributed by atoms with Crippen molar-refractivity contribution < 1.29 is 168 Å². The van der Waals surface area contributed by atoms with Crippen molar-refractivity contribution in [2.45, 2.75) is 133 Å². The lowest BCUT2D eigenvalue weighted by atomic mass is 9.88. The maximum absolute atomic E-state index is 13.7. The van der Waals surface area contributed by atoms with E-state index in [0.29, 0.717) is 6.55 Å². The molecule has 0 aliphatic rings. The second-order valence-electron chi connectivity index (χ2n) is 13.1. The third-order valence-corrected chi connectivity index (χ3v) is 12.3. The summed E-state index contributed by atoms with van der Waals surface area (Å²) >= 11 is 0. The summed E-state index contributed by atoms with van der Waals surface area (Å²) < 4.78 is 452. The fraction of sp³-hybridized carbons (Fsp3) is 1.00. The molecule has 0 bridgehead atoms. The van der Waals surface area contributed by atoms with Crippen molar-refractivity contribution in [3.8, 4) is 0 Å². The number of hydrogen-bond acceptors (Lipinski definition) is 4. The van der Waals surface area contributed by atoms with Gasteiger partial charge in [0.05, 0.1) is 0 Å². The second kappa shape index (κ2) is 17.4. The Balaban J connectivity index is 0. The Labute approximate surface area is 333 Å². The fourth-order valence-electron chi connectivity index (χ4n) is 3.77. The van der Waals surface area contributed by atoms with E-state index in [2.05, 4.69) is 8.85 Å². The Morgan fingerprint density at radius 1 is 0.297 bits per heavy atom. The quantitative estimate of drug-likeness (QED) is 0.0942. The zero-order valence-electron chi connectivity index (χ0n) is 30.4. The highest BCUT2D eigenvalue weighted by molar-refractivity contribution is 6.65. The molecule has 0 spiro atoms. The molecule has 40 heteroatoms. The molecular weight excluding hydrogens is 1050 g/mol. The standard InChI is InChI=1S/C13H13F17O2Si.C11H9F17O2Si/c1-31-33(3,32-2)5-4-6(14,15)7(16,17)8(18,19)9(20,21)10(22,23)11(24,25)12(26,27)13(28,29)30;1-31(29,30)3-2-4(12,13)5(14,15)6(16,17)7(18,19)8(20,21)9(22,23)10(24,25)11(26,27)28/h4-5H2,1-3H3;29-30H,2-3H2,1H3. The molecule has 4 nitrogen and oxygen atoms in total. The van der Waals surface area contributed by atoms with Gasteiger partial charge in [-0.2, -0.15) is 149 Å². The van der Waals surface area contributed by atoms with Gasteiger partial charge in [-0.05, 0) is 25.2 Å². The molecule has 2 N–H and O–H groups in total. The first kappa shape index (κ1) is 64.0. The van der Waals surface area contributed by atoms with Gasteiger partial charge in [0, 0.05) is 27.1 Å². The lowest BCUT2D eigenvalue weighted by Crippen LogP contribution is -2.74. The van der Waals surface area contributed by atoms with Crippen LogP contribution in [0.2, 0.25) is 25.2 Å². The van der Waals surface area contributed by atoms with Gasteiger partial charge in [0.15, 0.2) is 0 Å². The Morgan fingerprint density at radius 2 is 0.469 bits per heavy atom. The summed E-state index contributed by atoms with van der Waals surface area (Å²) in [6.45, 7) is 1.17. The predicted octanol–water partition coefficient (Wildman–Crippen LogP) is 12.2. The number of hydrogen-bond donors (Lipinski definition) is 2. The predicted molar refractivity (Wildman–Crippen MR) is 142 cm³/mol. The lowest BCUT2D eigenvalue weighted by Gasteiger charge is -2.43. The van der Waals surface area contributed by atoms with Crippen LogP contribution in [0.1, 0.15) is 12.8 Å². The number of alkyl halides is 34. The van der Waals surface area contributed by atoms with Crippen LogP contribution in [0, 0.1) is 0 Å². The largest absolute Gasteiger partial charge is 0.460 e. The third-order valence-electron chi connectivity index (χ3n) is 8.24. The van der Waals surface area contributed by atoms with Gasteiger partial charge in [-0.1, -0.05) is 0 Å². The van der Waals surface area contributed by atoms with Gasteiger partial charge in [0.1, 0.15) is 0 Å². The van der Waals surface area contributed by atoms with Gasteiger partial charge in [-0.3, -0.25) is 0 Å². The summed E-state index contributed by atoms with van der Waals surface area (Å²) in [5, 5.41) is 0. The summed E-state index contributed by atoms with van der Waals surface area (Å²) in [5.41, 5.74) is 0. The molecule has 0 saturated carbocycles. The summed E-state index contributed by atoms with van der Waals surface area (Å²) in [5.74, 6) is -113. The first-order chi connectivity index (χ1) is 27.0. The van der Waals surface area contributed by atoms with E-state index in [0.717, 1.165) is 20.8 Å². The average Bonchev–Trinajstić information content (AvgIpc) is 3.07. The molecule has 0 atom stereocenters. The Bertz CT molecular complexity index is 1560. The molecule has 0 aromatic carbocycles. The van der Waals surface area contributed by atoms with E-state index in [1.165, 1.54) is 0 Å². The number of halogens is 34. The molecule has 0 rings (SSSR count). The van der Waals surface area contributed by atoms with Crippen molar-refractivity contribution in [2.75, 3.05) is 14.2 Å². The van der Waals surface area contributed by atoms with Crippen molar-refractivity contribution in [3.05, 3.63) is 0 Å². The molecule has 0 radical (unpaired) electrons. The van der Waals surface area contributed by atoms with E-state index in [1.54, 1.807) is 0 Å². The minimum atomic E-state index is -8.67. The minimum absolute atomic E-state index is 0.307. The molecular formula is C24H22F34O4Si2. The molecule has 0 amide bonds. The van der Waals surface area contributed by atoms with Crippen molar-refractivity contribution in [2.24, 2.45) is 0 Å².